The van der Waals surface area contributed by atoms with Crippen LogP contribution in [0.2, 0.25) is 5.02 Å². The lowest BCUT2D eigenvalue weighted by Gasteiger charge is -2.12. The lowest BCUT2D eigenvalue weighted by atomic mass is 10.1. The van der Waals surface area contributed by atoms with Crippen LogP contribution in [0.1, 0.15) is 15.9 Å². The summed E-state index contributed by atoms with van der Waals surface area (Å²) in [7, 11) is 2.83. The number of rotatable bonds is 8. The number of methoxy groups -OCH3 is 2. The number of benzene rings is 2. The van der Waals surface area contributed by atoms with E-state index in [1.807, 2.05) is 0 Å². The molecule has 0 fully saturated rings. The van der Waals surface area contributed by atoms with Crippen molar-refractivity contribution in [1.82, 2.24) is 5.32 Å². The Morgan fingerprint density at radius 2 is 1.77 bits per heavy atom. The van der Waals surface area contributed by atoms with Crippen LogP contribution in [0, 0.1) is 0 Å². The Bertz CT molecular complexity index is 771. The number of alkyl halides is 2. The van der Waals surface area contributed by atoms with Crippen molar-refractivity contribution in [2.24, 2.45) is 0 Å². The third-order valence-corrected chi connectivity index (χ3v) is 3.78. The molecule has 140 valence electrons. The molecule has 0 unspecified atom stereocenters. The van der Waals surface area contributed by atoms with Crippen LogP contribution in [0.4, 0.5) is 8.78 Å². The fourth-order valence-electron chi connectivity index (χ4n) is 2.34. The zero-order valence-electron chi connectivity index (χ0n) is 14.2. The van der Waals surface area contributed by atoms with Crippen LogP contribution in [-0.4, -0.2) is 33.3 Å². The first-order chi connectivity index (χ1) is 12.4. The van der Waals surface area contributed by atoms with Crippen LogP contribution in [0.15, 0.2) is 36.4 Å². The Kier molecular flexibility index (Phi) is 7.03. The Morgan fingerprint density at radius 1 is 1.08 bits per heavy atom. The number of hydrogen-bond donors (Lipinski definition) is 1. The van der Waals surface area contributed by atoms with Gasteiger partial charge in [-0.15, -0.1) is 0 Å². The van der Waals surface area contributed by atoms with Gasteiger partial charge in [0.05, 0.1) is 19.8 Å². The highest BCUT2D eigenvalue weighted by Crippen LogP contribution is 2.29. The lowest BCUT2D eigenvalue weighted by molar-refractivity contribution is -0.0512. The number of carbonyl (C=O) groups is 1. The second-order valence-electron chi connectivity index (χ2n) is 5.21. The summed E-state index contributed by atoms with van der Waals surface area (Å²) in [6.07, 6.45) is 0.415. The fourth-order valence-corrected chi connectivity index (χ4v) is 2.51. The molecule has 0 spiro atoms. The van der Waals surface area contributed by atoms with Gasteiger partial charge in [0.2, 0.25) is 0 Å². The van der Waals surface area contributed by atoms with E-state index in [1.54, 1.807) is 18.2 Å². The first-order valence-electron chi connectivity index (χ1n) is 7.68. The molecule has 2 rings (SSSR count). The minimum Gasteiger partial charge on any atom is -0.496 e. The average molecular weight is 386 g/mol. The van der Waals surface area contributed by atoms with Crippen molar-refractivity contribution in [1.29, 1.82) is 0 Å². The number of nitrogens with one attached hydrogen (secondary N) is 1. The number of amides is 1. The van der Waals surface area contributed by atoms with E-state index < -0.39 is 6.61 Å². The van der Waals surface area contributed by atoms with Crippen molar-refractivity contribution in [3.8, 4) is 17.2 Å². The normalized spacial score (nSPS) is 10.5. The summed E-state index contributed by atoms with van der Waals surface area (Å²) in [4.78, 5) is 12.3. The zero-order chi connectivity index (χ0) is 19.1. The lowest BCUT2D eigenvalue weighted by Crippen LogP contribution is -2.26. The first-order valence-corrected chi connectivity index (χ1v) is 8.06. The summed E-state index contributed by atoms with van der Waals surface area (Å²) in [6.45, 7) is -2.66. The maximum atomic E-state index is 12.5. The molecule has 0 bridgehead atoms. The fraction of sp³-hybridized carbons (Fsp3) is 0.278. The van der Waals surface area contributed by atoms with Crippen LogP contribution in [0.5, 0.6) is 17.2 Å². The summed E-state index contributed by atoms with van der Waals surface area (Å²) in [5, 5.41) is 3.16. The average Bonchev–Trinajstić information content (AvgIpc) is 2.61. The Morgan fingerprint density at radius 3 is 2.42 bits per heavy atom. The quantitative estimate of drug-likeness (QED) is 0.748. The molecular weight excluding hydrogens is 368 g/mol. The minimum atomic E-state index is -2.95. The SMILES string of the molecule is COc1ccc(CCNC(=O)c2cc(Cl)ccc2OC)cc1OC(F)F. The van der Waals surface area contributed by atoms with Crippen molar-refractivity contribution in [2.75, 3.05) is 20.8 Å². The van der Waals surface area contributed by atoms with E-state index in [1.165, 1.54) is 32.4 Å². The highest BCUT2D eigenvalue weighted by Gasteiger charge is 2.14. The van der Waals surface area contributed by atoms with Gasteiger partial charge in [-0.2, -0.15) is 8.78 Å². The van der Waals surface area contributed by atoms with Gasteiger partial charge in [-0.1, -0.05) is 17.7 Å². The van der Waals surface area contributed by atoms with Crippen molar-refractivity contribution in [2.45, 2.75) is 13.0 Å². The van der Waals surface area contributed by atoms with Crippen LogP contribution in [0.25, 0.3) is 0 Å². The summed E-state index contributed by atoms with van der Waals surface area (Å²) < 4.78 is 39.5. The number of hydrogen-bond acceptors (Lipinski definition) is 4. The molecule has 1 amide bonds. The molecule has 2 aromatic rings. The third kappa shape index (κ3) is 5.23. The van der Waals surface area contributed by atoms with Gasteiger partial charge in [-0.25, -0.2) is 0 Å². The van der Waals surface area contributed by atoms with E-state index in [-0.39, 0.29) is 24.0 Å². The summed E-state index contributed by atoms with van der Waals surface area (Å²) >= 11 is 5.91. The zero-order valence-corrected chi connectivity index (χ0v) is 15.0. The smallest absolute Gasteiger partial charge is 0.387 e. The van der Waals surface area contributed by atoms with E-state index in [0.29, 0.717) is 28.3 Å². The second kappa shape index (κ2) is 9.24. The first kappa shape index (κ1) is 19.8. The van der Waals surface area contributed by atoms with Gasteiger partial charge in [-0.3, -0.25) is 4.79 Å². The maximum Gasteiger partial charge on any atom is 0.387 e. The molecule has 0 saturated heterocycles. The van der Waals surface area contributed by atoms with E-state index in [2.05, 4.69) is 10.1 Å². The Balaban J connectivity index is 2.01. The second-order valence-corrected chi connectivity index (χ2v) is 5.65. The van der Waals surface area contributed by atoms with E-state index in [0.717, 1.165) is 0 Å². The monoisotopic (exact) mass is 385 g/mol. The van der Waals surface area contributed by atoms with Gasteiger partial charge in [0, 0.05) is 11.6 Å². The molecule has 5 nitrogen and oxygen atoms in total. The number of ether oxygens (including phenoxy) is 3. The predicted octanol–water partition coefficient (Wildman–Crippen LogP) is 3.93. The molecule has 0 saturated carbocycles. The van der Waals surface area contributed by atoms with Gasteiger partial charge in [0.25, 0.3) is 5.91 Å². The van der Waals surface area contributed by atoms with Crippen molar-refractivity contribution < 1.29 is 27.8 Å². The molecule has 0 atom stereocenters. The van der Waals surface area contributed by atoms with Gasteiger partial charge >= 0.3 is 6.61 Å². The molecule has 0 aromatic heterocycles. The molecule has 0 aliphatic heterocycles. The largest absolute Gasteiger partial charge is 0.496 e. The van der Waals surface area contributed by atoms with Gasteiger partial charge in [-0.05, 0) is 42.3 Å². The topological polar surface area (TPSA) is 56.8 Å². The van der Waals surface area contributed by atoms with Gasteiger partial charge in [0.15, 0.2) is 11.5 Å². The molecule has 1 N–H and O–H groups in total. The third-order valence-electron chi connectivity index (χ3n) is 3.55. The van der Waals surface area contributed by atoms with E-state index in [4.69, 9.17) is 21.1 Å². The summed E-state index contributed by atoms with van der Waals surface area (Å²) in [5.74, 6) is 0.218. The standard InChI is InChI=1S/C18H18ClF2NO4/c1-24-14-6-4-12(19)10-13(14)17(23)22-8-7-11-3-5-15(25-2)16(9-11)26-18(20)21/h3-6,9-10,18H,7-8H2,1-2H3,(H,22,23). The molecule has 2 aromatic carbocycles. The van der Waals surface area contributed by atoms with Gasteiger partial charge in [0.1, 0.15) is 5.75 Å². The molecule has 0 aliphatic rings. The molecule has 0 heterocycles. The molecule has 0 radical (unpaired) electrons. The number of halogens is 3. The van der Waals surface area contributed by atoms with Crippen molar-refractivity contribution in [3.05, 3.63) is 52.5 Å². The Hall–Kier alpha value is -2.54. The summed E-state index contributed by atoms with van der Waals surface area (Å²) in [5.41, 5.74) is 1.02. The highest BCUT2D eigenvalue weighted by molar-refractivity contribution is 6.31. The highest BCUT2D eigenvalue weighted by atomic mass is 35.5. The van der Waals surface area contributed by atoms with Crippen LogP contribution >= 0.6 is 11.6 Å². The molecule has 0 aliphatic carbocycles. The minimum absolute atomic E-state index is 0.0529. The van der Waals surface area contributed by atoms with Crippen LogP contribution in [-0.2, 0) is 6.42 Å². The Labute approximate surface area is 154 Å². The van der Waals surface area contributed by atoms with E-state index >= 15 is 0 Å². The predicted molar refractivity (Wildman–Crippen MR) is 93.7 cm³/mol. The maximum absolute atomic E-state index is 12.5. The van der Waals surface area contributed by atoms with Crippen LogP contribution in [0.3, 0.4) is 0 Å². The molecule has 26 heavy (non-hydrogen) atoms. The van der Waals surface area contributed by atoms with Crippen molar-refractivity contribution in [3.63, 3.8) is 0 Å². The van der Waals surface area contributed by atoms with Crippen molar-refractivity contribution >= 4 is 17.5 Å². The van der Waals surface area contributed by atoms with E-state index in [9.17, 15) is 13.6 Å². The molecule has 8 heteroatoms. The van der Waals surface area contributed by atoms with Gasteiger partial charge < -0.3 is 19.5 Å². The summed E-state index contributed by atoms with van der Waals surface area (Å²) in [6, 6.07) is 9.45. The molecular formula is C18H18ClF2NO4. The number of carbonyl (C=O) groups excluding carboxylic acids is 1. The van der Waals surface area contributed by atoms with Crippen LogP contribution < -0.4 is 19.5 Å².